The molecule has 0 N–H and O–H groups in total. The highest BCUT2D eigenvalue weighted by atomic mass is 16.5. The van der Waals surface area contributed by atoms with Gasteiger partial charge in [-0.3, -0.25) is 4.68 Å². The average molecular weight is 322 g/mol. The van der Waals surface area contributed by atoms with E-state index < -0.39 is 0 Å². The van der Waals surface area contributed by atoms with E-state index in [0.717, 1.165) is 31.7 Å². The molecule has 126 valence electrons. The molecule has 0 amide bonds. The van der Waals surface area contributed by atoms with Crippen molar-refractivity contribution in [3.05, 3.63) is 59.8 Å². The number of hydrogen-bond acceptors (Lipinski definition) is 2. The van der Waals surface area contributed by atoms with Crippen LogP contribution >= 0.6 is 0 Å². The first-order valence-corrected chi connectivity index (χ1v) is 8.79. The fourth-order valence-corrected chi connectivity index (χ4v) is 2.99. The van der Waals surface area contributed by atoms with Gasteiger partial charge in [-0.15, -0.1) is 0 Å². The van der Waals surface area contributed by atoms with E-state index in [1.807, 2.05) is 6.20 Å². The Morgan fingerprint density at radius 1 is 1.08 bits per heavy atom. The van der Waals surface area contributed by atoms with Crippen LogP contribution in [-0.4, -0.2) is 16.4 Å². The van der Waals surface area contributed by atoms with Crippen molar-refractivity contribution in [3.63, 3.8) is 0 Å². The molecular formula is C21H26N2O. The van der Waals surface area contributed by atoms with Gasteiger partial charge in [-0.2, -0.15) is 5.10 Å². The second-order valence-corrected chi connectivity index (χ2v) is 6.68. The topological polar surface area (TPSA) is 27.1 Å². The highest BCUT2D eigenvalue weighted by Gasteiger charge is 2.08. The largest absolute Gasteiger partial charge is 0.493 e. The van der Waals surface area contributed by atoms with Crippen LogP contribution in [0.1, 0.15) is 43.7 Å². The van der Waals surface area contributed by atoms with E-state index in [2.05, 4.69) is 73.0 Å². The van der Waals surface area contributed by atoms with Crippen LogP contribution in [-0.2, 0) is 6.54 Å². The molecule has 3 aromatic rings. The van der Waals surface area contributed by atoms with Crippen LogP contribution in [0.5, 0.6) is 5.75 Å². The molecule has 24 heavy (non-hydrogen) atoms. The van der Waals surface area contributed by atoms with Crippen molar-refractivity contribution in [2.75, 3.05) is 6.61 Å². The first-order chi connectivity index (χ1) is 11.6. The number of hydrogen-bond donors (Lipinski definition) is 0. The van der Waals surface area contributed by atoms with Gasteiger partial charge in [0.2, 0.25) is 0 Å². The minimum atomic E-state index is 0.482. The molecule has 0 spiro atoms. The number of rotatable bonds is 7. The molecule has 0 aliphatic rings. The molecule has 0 bridgehead atoms. The van der Waals surface area contributed by atoms with Crippen molar-refractivity contribution in [2.45, 2.75) is 46.1 Å². The van der Waals surface area contributed by atoms with Crippen molar-refractivity contribution in [1.82, 2.24) is 9.78 Å². The Balaban J connectivity index is 1.52. The van der Waals surface area contributed by atoms with Gasteiger partial charge in [0.1, 0.15) is 5.75 Å². The Kier molecular flexibility index (Phi) is 5.19. The molecule has 1 aromatic heterocycles. The zero-order valence-corrected chi connectivity index (χ0v) is 14.8. The second kappa shape index (κ2) is 7.52. The maximum atomic E-state index is 6.06. The van der Waals surface area contributed by atoms with Crippen molar-refractivity contribution >= 4 is 10.9 Å². The fourth-order valence-electron chi connectivity index (χ4n) is 2.99. The smallest absolute Gasteiger partial charge is 0.122 e. The molecule has 3 rings (SSSR count). The summed E-state index contributed by atoms with van der Waals surface area (Å²) in [7, 11) is 0. The SMILES string of the molecule is Cc1ccc(C(C)C)c(OCCCCn2ncc3ccccc32)c1. The molecular weight excluding hydrogens is 296 g/mol. The Labute approximate surface area is 144 Å². The van der Waals surface area contributed by atoms with E-state index in [4.69, 9.17) is 4.74 Å². The Bertz CT molecular complexity index is 804. The molecule has 0 aliphatic heterocycles. The van der Waals surface area contributed by atoms with Gasteiger partial charge < -0.3 is 4.74 Å². The standard InChI is InChI=1S/C21H26N2O/c1-16(2)19-11-10-17(3)14-21(19)24-13-7-6-12-23-20-9-5-4-8-18(20)15-22-23/h4-5,8-11,14-16H,6-7,12-13H2,1-3H3. The van der Waals surface area contributed by atoms with Crippen LogP contribution in [0.3, 0.4) is 0 Å². The summed E-state index contributed by atoms with van der Waals surface area (Å²) in [5, 5.41) is 5.68. The third-order valence-electron chi connectivity index (χ3n) is 4.36. The molecule has 0 saturated carbocycles. The molecule has 3 heteroatoms. The van der Waals surface area contributed by atoms with E-state index in [1.54, 1.807) is 0 Å². The molecule has 1 heterocycles. The molecule has 3 nitrogen and oxygen atoms in total. The van der Waals surface area contributed by atoms with Gasteiger partial charge in [0.25, 0.3) is 0 Å². The van der Waals surface area contributed by atoms with E-state index in [1.165, 1.54) is 22.0 Å². The number of aromatic nitrogens is 2. The molecule has 0 saturated heterocycles. The quantitative estimate of drug-likeness (QED) is 0.550. The Hall–Kier alpha value is -2.29. The van der Waals surface area contributed by atoms with Crippen LogP contribution in [0.25, 0.3) is 10.9 Å². The zero-order valence-electron chi connectivity index (χ0n) is 14.8. The highest BCUT2D eigenvalue weighted by molar-refractivity contribution is 5.78. The number of benzene rings is 2. The minimum absolute atomic E-state index is 0.482. The number of ether oxygens (including phenoxy) is 1. The number of nitrogens with zero attached hydrogens (tertiary/aromatic N) is 2. The summed E-state index contributed by atoms with van der Waals surface area (Å²) in [5.41, 5.74) is 3.75. The molecule has 0 atom stereocenters. The number of fused-ring (bicyclic) bond motifs is 1. The van der Waals surface area contributed by atoms with Gasteiger partial charge in [0.15, 0.2) is 0 Å². The highest BCUT2D eigenvalue weighted by Crippen LogP contribution is 2.27. The van der Waals surface area contributed by atoms with Gasteiger partial charge in [0, 0.05) is 11.9 Å². The Morgan fingerprint density at radius 3 is 2.75 bits per heavy atom. The van der Waals surface area contributed by atoms with Gasteiger partial charge in [-0.1, -0.05) is 44.2 Å². The Morgan fingerprint density at radius 2 is 1.92 bits per heavy atom. The van der Waals surface area contributed by atoms with Crippen LogP contribution < -0.4 is 4.74 Å². The molecule has 0 radical (unpaired) electrons. The van der Waals surface area contributed by atoms with Gasteiger partial charge in [0.05, 0.1) is 18.3 Å². The van der Waals surface area contributed by atoms with Gasteiger partial charge >= 0.3 is 0 Å². The normalized spacial score (nSPS) is 11.3. The summed E-state index contributed by atoms with van der Waals surface area (Å²) in [5.74, 6) is 1.52. The third-order valence-corrected chi connectivity index (χ3v) is 4.36. The summed E-state index contributed by atoms with van der Waals surface area (Å²) in [4.78, 5) is 0. The third kappa shape index (κ3) is 3.78. The predicted octanol–water partition coefficient (Wildman–Crippen LogP) is 5.33. The first-order valence-electron chi connectivity index (χ1n) is 8.79. The summed E-state index contributed by atoms with van der Waals surface area (Å²) >= 11 is 0. The minimum Gasteiger partial charge on any atom is -0.493 e. The van der Waals surface area contributed by atoms with E-state index >= 15 is 0 Å². The van der Waals surface area contributed by atoms with E-state index in [0.29, 0.717) is 5.92 Å². The first kappa shape index (κ1) is 16.6. The monoisotopic (exact) mass is 322 g/mol. The van der Waals surface area contributed by atoms with Crippen LogP contribution in [0.2, 0.25) is 0 Å². The van der Waals surface area contributed by atoms with Crippen molar-refractivity contribution < 1.29 is 4.74 Å². The van der Waals surface area contributed by atoms with Crippen LogP contribution in [0.4, 0.5) is 0 Å². The van der Waals surface area contributed by atoms with Gasteiger partial charge in [-0.25, -0.2) is 0 Å². The lowest BCUT2D eigenvalue weighted by Crippen LogP contribution is -2.05. The van der Waals surface area contributed by atoms with Crippen molar-refractivity contribution in [3.8, 4) is 5.75 Å². The van der Waals surface area contributed by atoms with E-state index in [9.17, 15) is 0 Å². The summed E-state index contributed by atoms with van der Waals surface area (Å²) in [6.45, 7) is 8.21. The summed E-state index contributed by atoms with van der Waals surface area (Å²) in [6, 6.07) is 14.8. The lowest BCUT2D eigenvalue weighted by molar-refractivity contribution is 0.298. The van der Waals surface area contributed by atoms with Crippen molar-refractivity contribution in [2.24, 2.45) is 0 Å². The molecule has 2 aromatic carbocycles. The molecule has 0 unspecified atom stereocenters. The van der Waals surface area contributed by atoms with Gasteiger partial charge in [-0.05, 0) is 48.9 Å². The zero-order chi connectivity index (χ0) is 16.9. The van der Waals surface area contributed by atoms with E-state index in [-0.39, 0.29) is 0 Å². The lowest BCUT2D eigenvalue weighted by atomic mass is 10.0. The fraction of sp³-hybridized carbons (Fsp3) is 0.381. The second-order valence-electron chi connectivity index (χ2n) is 6.68. The van der Waals surface area contributed by atoms with Crippen LogP contribution in [0.15, 0.2) is 48.7 Å². The lowest BCUT2D eigenvalue weighted by Gasteiger charge is -2.15. The van der Waals surface area contributed by atoms with Crippen LogP contribution in [0, 0.1) is 6.92 Å². The number of aryl methyl sites for hydroxylation is 2. The summed E-state index contributed by atoms with van der Waals surface area (Å²) in [6.07, 6.45) is 4.03. The summed E-state index contributed by atoms with van der Waals surface area (Å²) < 4.78 is 8.14. The predicted molar refractivity (Wildman–Crippen MR) is 99.7 cm³/mol. The molecule has 0 aliphatic carbocycles. The van der Waals surface area contributed by atoms with Crippen molar-refractivity contribution in [1.29, 1.82) is 0 Å². The number of para-hydroxylation sites is 1. The maximum Gasteiger partial charge on any atom is 0.122 e. The molecule has 0 fully saturated rings. The maximum absolute atomic E-state index is 6.06. The average Bonchev–Trinajstić information content (AvgIpc) is 2.98. The number of unbranched alkanes of at least 4 members (excludes halogenated alkanes) is 1.